The summed E-state index contributed by atoms with van der Waals surface area (Å²) < 4.78 is 25.9. The fourth-order valence-corrected chi connectivity index (χ4v) is 6.21. The van der Waals surface area contributed by atoms with E-state index in [0.717, 1.165) is 23.4 Å². The summed E-state index contributed by atoms with van der Waals surface area (Å²) in [6.07, 6.45) is 0.977. The molecule has 232 valence electrons. The number of ether oxygens (including phenoxy) is 2. The number of amides is 3. The Morgan fingerprint density at radius 1 is 0.889 bits per heavy atom. The summed E-state index contributed by atoms with van der Waals surface area (Å²) >= 11 is 0. The van der Waals surface area contributed by atoms with Crippen molar-refractivity contribution in [1.29, 1.82) is 0 Å². The number of pyridine rings is 1. The van der Waals surface area contributed by atoms with Crippen molar-refractivity contribution in [2.45, 2.75) is 25.4 Å². The Morgan fingerprint density at radius 2 is 1.69 bits per heavy atom. The van der Waals surface area contributed by atoms with Crippen molar-refractivity contribution < 1.29 is 23.5 Å². The van der Waals surface area contributed by atoms with E-state index in [9.17, 15) is 18.8 Å². The number of hydrogen-bond donors (Lipinski definition) is 3. The summed E-state index contributed by atoms with van der Waals surface area (Å²) in [6.45, 7) is 2.19. The van der Waals surface area contributed by atoms with Crippen LogP contribution in [0.5, 0.6) is 11.5 Å². The second-order valence-electron chi connectivity index (χ2n) is 11.3. The van der Waals surface area contributed by atoms with E-state index in [1.807, 2.05) is 16.7 Å². The molecule has 0 saturated carbocycles. The van der Waals surface area contributed by atoms with Crippen LogP contribution in [-0.2, 0) is 13.1 Å². The van der Waals surface area contributed by atoms with Crippen LogP contribution in [-0.4, -0.2) is 43.8 Å². The molecule has 2 aliphatic heterocycles. The maximum atomic E-state index is 13.4. The van der Waals surface area contributed by atoms with Crippen LogP contribution >= 0.6 is 0 Å². The molecule has 4 aromatic rings. The Morgan fingerprint density at radius 3 is 2.47 bits per heavy atom. The predicted molar refractivity (Wildman–Crippen MR) is 170 cm³/mol. The molecule has 3 amide bonds. The highest BCUT2D eigenvalue weighted by atomic mass is 19.1. The molecule has 3 heterocycles. The van der Waals surface area contributed by atoms with Crippen molar-refractivity contribution in [1.82, 2.24) is 9.88 Å². The number of anilines is 3. The highest BCUT2D eigenvalue weighted by Gasteiger charge is 2.35. The van der Waals surface area contributed by atoms with Gasteiger partial charge in [-0.1, -0.05) is 18.2 Å². The minimum absolute atomic E-state index is 0.0136. The lowest BCUT2D eigenvalue weighted by Crippen LogP contribution is -2.47. The summed E-state index contributed by atoms with van der Waals surface area (Å²) in [5, 5.41) is 8.65. The average molecular weight is 612 g/mol. The van der Waals surface area contributed by atoms with Gasteiger partial charge in [0, 0.05) is 55.5 Å². The van der Waals surface area contributed by atoms with Crippen LogP contribution in [0, 0.1) is 11.7 Å². The van der Waals surface area contributed by atoms with E-state index in [0.29, 0.717) is 48.1 Å². The number of piperidine rings is 1. The first kappa shape index (κ1) is 29.7. The summed E-state index contributed by atoms with van der Waals surface area (Å²) in [4.78, 5) is 41.3. The van der Waals surface area contributed by atoms with Gasteiger partial charge in [0.2, 0.25) is 0 Å². The first-order chi connectivity index (χ1) is 21.8. The maximum Gasteiger partial charge on any atom is 0.323 e. The van der Waals surface area contributed by atoms with Crippen LogP contribution in [0.15, 0.2) is 83.7 Å². The van der Waals surface area contributed by atoms with Crippen molar-refractivity contribution in [2.24, 2.45) is 5.92 Å². The molecule has 45 heavy (non-hydrogen) atoms. The number of carbonyl (C=O) groups is 2. The predicted octanol–water partition coefficient (Wildman–Crippen LogP) is 5.20. The third-order valence-electron chi connectivity index (χ3n) is 8.35. The Labute approximate surface area is 259 Å². The highest BCUT2D eigenvalue weighted by Crippen LogP contribution is 2.39. The Hall–Kier alpha value is -5.32. The van der Waals surface area contributed by atoms with E-state index in [1.165, 1.54) is 19.2 Å². The van der Waals surface area contributed by atoms with Crippen molar-refractivity contribution in [3.8, 4) is 11.5 Å². The van der Waals surface area contributed by atoms with Crippen LogP contribution in [0.4, 0.5) is 26.2 Å². The summed E-state index contributed by atoms with van der Waals surface area (Å²) in [5.74, 6) is 0.722. The van der Waals surface area contributed by atoms with E-state index >= 15 is 0 Å². The number of rotatable bonds is 8. The van der Waals surface area contributed by atoms with Gasteiger partial charge >= 0.3 is 6.03 Å². The zero-order chi connectivity index (χ0) is 31.5. The molecule has 1 saturated heterocycles. The van der Waals surface area contributed by atoms with Gasteiger partial charge in [0.15, 0.2) is 0 Å². The monoisotopic (exact) mass is 611 g/mol. The van der Waals surface area contributed by atoms with Gasteiger partial charge in [0.05, 0.1) is 31.3 Å². The summed E-state index contributed by atoms with van der Waals surface area (Å²) in [6, 6.07) is 21.1. The van der Waals surface area contributed by atoms with Gasteiger partial charge in [-0.3, -0.25) is 9.59 Å². The van der Waals surface area contributed by atoms with Crippen molar-refractivity contribution in [3.05, 3.63) is 112 Å². The SMILES string of the molecule is COc1ccc(NC(=O)Nc2cc(C(=O)NCc3ccc(F)cc3)ccc2N2C[C@H]3C[C@@H](C2)c2cccc(=O)n2C3)c(OC)c1. The normalized spacial score (nSPS) is 16.7. The second kappa shape index (κ2) is 12.7. The second-order valence-corrected chi connectivity index (χ2v) is 11.3. The molecule has 2 aliphatic rings. The Kier molecular flexibility index (Phi) is 8.41. The molecule has 0 aliphatic carbocycles. The first-order valence-corrected chi connectivity index (χ1v) is 14.7. The van der Waals surface area contributed by atoms with Gasteiger partial charge in [-0.15, -0.1) is 0 Å². The van der Waals surface area contributed by atoms with E-state index in [2.05, 4.69) is 20.9 Å². The van der Waals surface area contributed by atoms with Gasteiger partial charge in [-0.25, -0.2) is 9.18 Å². The Balaban J connectivity index is 1.27. The van der Waals surface area contributed by atoms with E-state index in [1.54, 1.807) is 61.7 Å². The van der Waals surface area contributed by atoms with Crippen LogP contribution in [0.1, 0.15) is 34.0 Å². The number of urea groups is 1. The third-order valence-corrected chi connectivity index (χ3v) is 8.35. The molecule has 10 nitrogen and oxygen atoms in total. The summed E-state index contributed by atoms with van der Waals surface area (Å²) in [7, 11) is 3.05. The molecule has 0 unspecified atom stereocenters. The fraction of sp³-hybridized carbons (Fsp3) is 0.265. The Bertz CT molecular complexity index is 1790. The minimum atomic E-state index is -0.516. The minimum Gasteiger partial charge on any atom is -0.497 e. The average Bonchev–Trinajstić information content (AvgIpc) is 3.05. The highest BCUT2D eigenvalue weighted by molar-refractivity contribution is 6.04. The molecule has 3 aromatic carbocycles. The molecule has 11 heteroatoms. The molecule has 0 radical (unpaired) electrons. The largest absolute Gasteiger partial charge is 0.497 e. The van der Waals surface area contributed by atoms with Crippen LogP contribution in [0.3, 0.4) is 0 Å². The van der Waals surface area contributed by atoms with Gasteiger partial charge in [0.1, 0.15) is 17.3 Å². The van der Waals surface area contributed by atoms with Crippen molar-refractivity contribution >= 4 is 29.0 Å². The van der Waals surface area contributed by atoms with Gasteiger partial charge in [-0.2, -0.15) is 0 Å². The van der Waals surface area contributed by atoms with E-state index in [4.69, 9.17) is 9.47 Å². The maximum absolute atomic E-state index is 13.4. The van der Waals surface area contributed by atoms with Crippen LogP contribution < -0.4 is 35.9 Å². The van der Waals surface area contributed by atoms with Crippen LogP contribution in [0.2, 0.25) is 0 Å². The lowest BCUT2D eigenvalue weighted by atomic mass is 9.83. The first-order valence-electron chi connectivity index (χ1n) is 14.7. The molecular weight excluding hydrogens is 577 g/mol. The van der Waals surface area contributed by atoms with Crippen LogP contribution in [0.25, 0.3) is 0 Å². The number of hydrogen-bond acceptors (Lipinski definition) is 6. The zero-order valence-electron chi connectivity index (χ0n) is 25.0. The zero-order valence-corrected chi connectivity index (χ0v) is 25.0. The number of fused-ring (bicyclic) bond motifs is 4. The molecule has 3 N–H and O–H groups in total. The van der Waals surface area contributed by atoms with Crippen molar-refractivity contribution in [2.75, 3.05) is 42.8 Å². The van der Waals surface area contributed by atoms with Gasteiger partial charge < -0.3 is 34.9 Å². The molecule has 1 aromatic heterocycles. The molecule has 2 bridgehead atoms. The fourth-order valence-electron chi connectivity index (χ4n) is 6.21. The third kappa shape index (κ3) is 6.47. The molecule has 6 rings (SSSR count). The lowest BCUT2D eigenvalue weighted by molar-refractivity contribution is 0.0951. The number of nitrogens with one attached hydrogen (secondary N) is 3. The topological polar surface area (TPSA) is 114 Å². The van der Waals surface area contributed by atoms with E-state index in [-0.39, 0.29) is 35.7 Å². The van der Waals surface area contributed by atoms with Gasteiger partial charge in [-0.05, 0) is 66.4 Å². The van der Waals surface area contributed by atoms with E-state index < -0.39 is 6.03 Å². The molecule has 2 atom stereocenters. The number of nitrogens with zero attached hydrogens (tertiary/aromatic N) is 2. The number of halogens is 1. The number of aromatic nitrogens is 1. The smallest absolute Gasteiger partial charge is 0.323 e. The van der Waals surface area contributed by atoms with Gasteiger partial charge in [0.25, 0.3) is 11.5 Å². The quantitative estimate of drug-likeness (QED) is 0.252. The summed E-state index contributed by atoms with van der Waals surface area (Å²) in [5.41, 5.74) is 3.81. The molecule has 1 fully saturated rings. The number of methoxy groups -OCH3 is 2. The number of carbonyl (C=O) groups excluding carboxylic acids is 2. The molecular formula is C34H34FN5O5. The molecule has 0 spiro atoms. The van der Waals surface area contributed by atoms with Crippen molar-refractivity contribution in [3.63, 3.8) is 0 Å². The number of benzene rings is 3. The standard InChI is InChI=1S/C34H34FN5O5/c1-44-26-11-12-27(31(16-26)45-2)37-34(43)38-28-15-23(33(42)36-17-21-6-9-25(35)10-7-21)8-13-30(28)39-18-22-14-24(20-39)29-4-3-5-32(41)40(29)19-22/h3-13,15-16,22,24H,14,17-20H2,1-2H3,(H,36,42)(H2,37,38,43)/t22-,24+/m1/s1. The lowest BCUT2D eigenvalue weighted by Gasteiger charge is -2.44.